The number of carbonyl (C=O) groups is 1. The van der Waals surface area contributed by atoms with Crippen LogP contribution in [0.1, 0.15) is 11.4 Å². The summed E-state index contributed by atoms with van der Waals surface area (Å²) in [5.74, 6) is 0. The topological polar surface area (TPSA) is 41.4 Å². The van der Waals surface area contributed by atoms with Gasteiger partial charge in [-0.1, -0.05) is 18.2 Å². The fraction of sp³-hybridized carbons (Fsp3) is 0.333. The molecular formula is C15H18N4O. The summed E-state index contributed by atoms with van der Waals surface area (Å²) in [4.78, 5) is 20.5. The number of anilines is 1. The summed E-state index contributed by atoms with van der Waals surface area (Å²) >= 11 is 0. The van der Waals surface area contributed by atoms with Crippen LogP contribution in [0.5, 0.6) is 0 Å². The van der Waals surface area contributed by atoms with Crippen LogP contribution in [0.25, 0.3) is 0 Å². The van der Waals surface area contributed by atoms with Gasteiger partial charge >= 0.3 is 6.03 Å². The molecule has 0 unspecified atom stereocenters. The van der Waals surface area contributed by atoms with E-state index >= 15 is 0 Å². The molecule has 2 amide bonds. The van der Waals surface area contributed by atoms with Gasteiger partial charge in [-0.25, -0.2) is 9.78 Å². The summed E-state index contributed by atoms with van der Waals surface area (Å²) in [6.45, 7) is 4.07. The number of para-hydroxylation sites is 1. The highest BCUT2D eigenvalue weighted by molar-refractivity contribution is 5.94. The zero-order valence-electron chi connectivity index (χ0n) is 11.8. The SMILES string of the molecule is Cc1c(CN2CCN(c3ccccc3)C2=O)ncn1C. The lowest BCUT2D eigenvalue weighted by Crippen LogP contribution is -2.31. The third-order valence-electron chi connectivity index (χ3n) is 3.84. The quantitative estimate of drug-likeness (QED) is 0.857. The van der Waals surface area contributed by atoms with Gasteiger partial charge in [-0.3, -0.25) is 4.90 Å². The van der Waals surface area contributed by atoms with Gasteiger partial charge in [0.05, 0.1) is 18.6 Å². The number of rotatable bonds is 3. The minimum absolute atomic E-state index is 0.0567. The number of benzene rings is 1. The summed E-state index contributed by atoms with van der Waals surface area (Å²) in [5, 5.41) is 0. The van der Waals surface area contributed by atoms with E-state index in [4.69, 9.17) is 0 Å². The van der Waals surface area contributed by atoms with Crippen LogP contribution < -0.4 is 4.90 Å². The first kappa shape index (κ1) is 12.7. The van der Waals surface area contributed by atoms with Crippen LogP contribution in [0, 0.1) is 6.92 Å². The lowest BCUT2D eigenvalue weighted by molar-refractivity contribution is 0.218. The van der Waals surface area contributed by atoms with Gasteiger partial charge in [0.2, 0.25) is 0 Å². The van der Waals surface area contributed by atoms with Gasteiger partial charge in [0.1, 0.15) is 0 Å². The molecule has 5 nitrogen and oxygen atoms in total. The Morgan fingerprint density at radius 2 is 1.95 bits per heavy atom. The van der Waals surface area contributed by atoms with E-state index in [-0.39, 0.29) is 6.03 Å². The maximum absolute atomic E-state index is 12.4. The largest absolute Gasteiger partial charge is 0.338 e. The number of urea groups is 1. The second kappa shape index (κ2) is 5.00. The van der Waals surface area contributed by atoms with Crippen molar-refractivity contribution < 1.29 is 4.79 Å². The van der Waals surface area contributed by atoms with Gasteiger partial charge in [-0.05, 0) is 19.1 Å². The molecule has 0 aliphatic carbocycles. The molecule has 3 rings (SSSR count). The Kier molecular flexibility index (Phi) is 3.18. The van der Waals surface area contributed by atoms with Crippen molar-refractivity contribution >= 4 is 11.7 Å². The van der Waals surface area contributed by atoms with Crippen LogP contribution in [0.15, 0.2) is 36.7 Å². The highest BCUT2D eigenvalue weighted by Crippen LogP contribution is 2.21. The molecule has 0 N–H and O–H groups in total. The number of aryl methyl sites for hydroxylation is 1. The van der Waals surface area contributed by atoms with E-state index in [1.807, 2.05) is 58.7 Å². The molecule has 0 bridgehead atoms. The molecule has 0 atom stereocenters. The van der Waals surface area contributed by atoms with Gasteiger partial charge < -0.3 is 9.47 Å². The average molecular weight is 270 g/mol. The molecule has 1 aromatic carbocycles. The molecule has 5 heteroatoms. The van der Waals surface area contributed by atoms with E-state index in [0.29, 0.717) is 6.54 Å². The number of imidazole rings is 1. The normalized spacial score (nSPS) is 15.2. The molecule has 1 aliphatic heterocycles. The van der Waals surface area contributed by atoms with Crippen molar-refractivity contribution in [1.29, 1.82) is 0 Å². The fourth-order valence-corrected chi connectivity index (χ4v) is 2.45. The second-order valence-corrected chi connectivity index (χ2v) is 5.08. The minimum Gasteiger partial charge on any atom is -0.338 e. The Labute approximate surface area is 118 Å². The second-order valence-electron chi connectivity index (χ2n) is 5.08. The fourth-order valence-electron chi connectivity index (χ4n) is 2.45. The van der Waals surface area contributed by atoms with Crippen molar-refractivity contribution in [3.05, 3.63) is 48.0 Å². The van der Waals surface area contributed by atoms with Gasteiger partial charge in [0, 0.05) is 31.5 Å². The zero-order chi connectivity index (χ0) is 14.1. The third kappa shape index (κ3) is 2.15. The molecule has 0 radical (unpaired) electrons. The first-order valence-corrected chi connectivity index (χ1v) is 6.75. The van der Waals surface area contributed by atoms with Crippen molar-refractivity contribution in [2.75, 3.05) is 18.0 Å². The summed E-state index contributed by atoms with van der Waals surface area (Å²) in [6, 6.07) is 9.85. The Balaban J connectivity index is 1.75. The van der Waals surface area contributed by atoms with Crippen LogP contribution >= 0.6 is 0 Å². The van der Waals surface area contributed by atoms with Crippen molar-refractivity contribution in [1.82, 2.24) is 14.5 Å². The lowest BCUT2D eigenvalue weighted by Gasteiger charge is -2.18. The zero-order valence-corrected chi connectivity index (χ0v) is 11.8. The van der Waals surface area contributed by atoms with E-state index in [1.54, 1.807) is 6.33 Å². The van der Waals surface area contributed by atoms with E-state index in [0.717, 1.165) is 30.2 Å². The van der Waals surface area contributed by atoms with Gasteiger partial charge in [0.15, 0.2) is 0 Å². The van der Waals surface area contributed by atoms with Gasteiger partial charge in [-0.15, -0.1) is 0 Å². The number of carbonyl (C=O) groups excluding carboxylic acids is 1. The van der Waals surface area contributed by atoms with Crippen molar-refractivity contribution in [3.63, 3.8) is 0 Å². The van der Waals surface area contributed by atoms with E-state index < -0.39 is 0 Å². The van der Waals surface area contributed by atoms with Crippen LogP contribution in [0.2, 0.25) is 0 Å². The van der Waals surface area contributed by atoms with Crippen LogP contribution in [0.4, 0.5) is 10.5 Å². The molecule has 104 valence electrons. The van der Waals surface area contributed by atoms with Crippen molar-refractivity contribution in [3.8, 4) is 0 Å². The lowest BCUT2D eigenvalue weighted by atomic mass is 10.3. The molecule has 1 saturated heterocycles. The maximum atomic E-state index is 12.4. The molecule has 1 aliphatic rings. The molecule has 2 heterocycles. The molecular weight excluding hydrogens is 252 g/mol. The Bertz CT molecular complexity index is 620. The maximum Gasteiger partial charge on any atom is 0.324 e. The Morgan fingerprint density at radius 1 is 1.20 bits per heavy atom. The molecule has 20 heavy (non-hydrogen) atoms. The van der Waals surface area contributed by atoms with E-state index in [9.17, 15) is 4.79 Å². The highest BCUT2D eigenvalue weighted by Gasteiger charge is 2.30. The molecule has 1 aromatic heterocycles. The third-order valence-corrected chi connectivity index (χ3v) is 3.84. The standard InChI is InChI=1S/C15H18N4O/c1-12-14(16-11-17(12)2)10-18-8-9-19(15(18)20)13-6-4-3-5-7-13/h3-7,11H,8-10H2,1-2H3. The number of amides is 2. The van der Waals surface area contributed by atoms with Crippen LogP contribution in [-0.2, 0) is 13.6 Å². The smallest absolute Gasteiger partial charge is 0.324 e. The number of nitrogens with zero attached hydrogens (tertiary/aromatic N) is 4. The molecule has 0 spiro atoms. The predicted octanol–water partition coefficient (Wildman–Crippen LogP) is 2.17. The Hall–Kier alpha value is -2.30. The molecule has 0 saturated carbocycles. The molecule has 1 fully saturated rings. The summed E-state index contributed by atoms with van der Waals surface area (Å²) in [6.07, 6.45) is 1.79. The number of hydrogen-bond donors (Lipinski definition) is 0. The monoisotopic (exact) mass is 270 g/mol. The highest BCUT2D eigenvalue weighted by atomic mass is 16.2. The summed E-state index contributed by atoms with van der Waals surface area (Å²) < 4.78 is 1.98. The number of hydrogen-bond acceptors (Lipinski definition) is 2. The van der Waals surface area contributed by atoms with Crippen molar-refractivity contribution in [2.45, 2.75) is 13.5 Å². The number of aromatic nitrogens is 2. The van der Waals surface area contributed by atoms with Gasteiger partial charge in [0.25, 0.3) is 0 Å². The van der Waals surface area contributed by atoms with Crippen LogP contribution in [-0.4, -0.2) is 33.6 Å². The summed E-state index contributed by atoms with van der Waals surface area (Å²) in [5.41, 5.74) is 3.03. The van der Waals surface area contributed by atoms with E-state index in [2.05, 4.69) is 4.98 Å². The van der Waals surface area contributed by atoms with E-state index in [1.165, 1.54) is 0 Å². The Morgan fingerprint density at radius 3 is 2.60 bits per heavy atom. The van der Waals surface area contributed by atoms with Gasteiger partial charge in [-0.2, -0.15) is 0 Å². The first-order valence-electron chi connectivity index (χ1n) is 6.75. The predicted molar refractivity (Wildman–Crippen MR) is 77.5 cm³/mol. The average Bonchev–Trinajstić information content (AvgIpc) is 2.98. The van der Waals surface area contributed by atoms with Crippen LogP contribution in [0.3, 0.4) is 0 Å². The summed E-state index contributed by atoms with van der Waals surface area (Å²) in [7, 11) is 1.97. The molecule has 2 aromatic rings. The first-order chi connectivity index (χ1) is 9.66. The van der Waals surface area contributed by atoms with Crippen molar-refractivity contribution in [2.24, 2.45) is 7.05 Å². The minimum atomic E-state index is 0.0567.